The number of aliphatic hydroxyl groups excluding tert-OH is 2. The van der Waals surface area contributed by atoms with Gasteiger partial charge in [-0.2, -0.15) is 0 Å². The molecule has 2 aromatic carbocycles. The first-order chi connectivity index (χ1) is 14.6. The predicted octanol–water partition coefficient (Wildman–Crippen LogP) is 4.05. The summed E-state index contributed by atoms with van der Waals surface area (Å²) in [7, 11) is 0. The summed E-state index contributed by atoms with van der Waals surface area (Å²) in [6, 6.07) is 16.1. The maximum Gasteiger partial charge on any atom is 0.125 e. The molecule has 0 saturated carbocycles. The Morgan fingerprint density at radius 2 is 1.83 bits per heavy atom. The number of aliphatic hydroxyl groups is 2. The molecule has 1 saturated heterocycles. The number of piperidine rings is 1. The highest BCUT2D eigenvalue weighted by Gasteiger charge is 2.43. The van der Waals surface area contributed by atoms with Gasteiger partial charge < -0.3 is 24.4 Å². The number of ether oxygens (including phenoxy) is 1. The molecule has 3 heterocycles. The van der Waals surface area contributed by atoms with Gasteiger partial charge in [-0.3, -0.25) is 0 Å². The van der Waals surface area contributed by atoms with Crippen molar-refractivity contribution in [3.63, 3.8) is 0 Å². The molecule has 2 aliphatic rings. The number of nitrogens with zero attached hydrogens (tertiary/aromatic N) is 2. The summed E-state index contributed by atoms with van der Waals surface area (Å²) >= 11 is 0. The average Bonchev–Trinajstić information content (AvgIpc) is 3.15. The van der Waals surface area contributed by atoms with Crippen LogP contribution in [-0.4, -0.2) is 44.9 Å². The van der Waals surface area contributed by atoms with Gasteiger partial charge in [-0.25, -0.2) is 0 Å². The largest absolute Gasteiger partial charge is 0.487 e. The average molecular weight is 407 g/mol. The maximum absolute atomic E-state index is 11.0. The second-order valence-corrected chi connectivity index (χ2v) is 8.75. The fraction of sp³-hybridized carbons (Fsp3) is 0.440. The molecule has 0 radical (unpaired) electrons. The third-order valence-corrected chi connectivity index (χ3v) is 6.89. The van der Waals surface area contributed by atoms with Crippen molar-refractivity contribution in [2.24, 2.45) is 0 Å². The van der Waals surface area contributed by atoms with Crippen molar-refractivity contribution in [2.45, 2.75) is 50.5 Å². The Labute approximate surface area is 177 Å². The minimum Gasteiger partial charge on any atom is -0.487 e. The molecule has 0 unspecified atom stereocenters. The van der Waals surface area contributed by atoms with Gasteiger partial charge in [0.2, 0.25) is 0 Å². The third-order valence-electron chi connectivity index (χ3n) is 6.89. The third kappa shape index (κ3) is 3.41. The molecule has 158 valence electrons. The molecule has 5 heteroatoms. The van der Waals surface area contributed by atoms with Crippen LogP contribution in [0.2, 0.25) is 0 Å². The van der Waals surface area contributed by atoms with Crippen molar-refractivity contribution in [1.82, 2.24) is 9.47 Å². The fourth-order valence-electron chi connectivity index (χ4n) is 5.18. The van der Waals surface area contributed by atoms with Crippen molar-refractivity contribution in [3.05, 3.63) is 65.9 Å². The Balaban J connectivity index is 1.27. The van der Waals surface area contributed by atoms with Crippen LogP contribution >= 0.6 is 0 Å². The standard InChI is InChI=1S/C25H30N2O3/c1-2-27-16-20(18-7-3-5-9-21(18)27)23(29)17-26-13-11-25(12-14-26)15-22(28)19-8-4-6-10-24(19)30-25/h3-10,16,22-23,28-29H,2,11-15,17H2,1H3/t22-,23+/m0/s1. The highest BCUT2D eigenvalue weighted by atomic mass is 16.5. The van der Waals surface area contributed by atoms with E-state index in [1.54, 1.807) is 0 Å². The van der Waals surface area contributed by atoms with E-state index in [2.05, 4.69) is 34.7 Å². The molecular weight excluding hydrogens is 376 g/mol. The lowest BCUT2D eigenvalue weighted by Crippen LogP contribution is -2.51. The van der Waals surface area contributed by atoms with Crippen molar-refractivity contribution >= 4 is 10.9 Å². The highest BCUT2D eigenvalue weighted by molar-refractivity contribution is 5.84. The zero-order valence-corrected chi connectivity index (χ0v) is 17.5. The zero-order valence-electron chi connectivity index (χ0n) is 17.5. The molecule has 2 aliphatic heterocycles. The number of β-amino-alcohol motifs (C(OH)–C–C–N with tert-alkyl or cyclic N) is 1. The maximum atomic E-state index is 11.0. The second-order valence-electron chi connectivity index (χ2n) is 8.75. The van der Waals surface area contributed by atoms with E-state index in [9.17, 15) is 10.2 Å². The lowest BCUT2D eigenvalue weighted by Gasteiger charge is -2.46. The van der Waals surface area contributed by atoms with Crippen LogP contribution in [0, 0.1) is 0 Å². The number of aromatic nitrogens is 1. The van der Waals surface area contributed by atoms with Crippen LogP contribution in [0.5, 0.6) is 5.75 Å². The topological polar surface area (TPSA) is 57.9 Å². The number of likely N-dealkylation sites (tertiary alicyclic amines) is 1. The molecule has 5 nitrogen and oxygen atoms in total. The quantitative estimate of drug-likeness (QED) is 0.686. The van der Waals surface area contributed by atoms with Crippen molar-refractivity contribution in [1.29, 1.82) is 0 Å². The minimum absolute atomic E-state index is 0.298. The van der Waals surface area contributed by atoms with Gasteiger partial charge in [-0.15, -0.1) is 0 Å². The zero-order chi connectivity index (χ0) is 20.7. The Bertz CT molecular complexity index is 1040. The van der Waals surface area contributed by atoms with Gasteiger partial charge in [-0.1, -0.05) is 36.4 Å². The smallest absolute Gasteiger partial charge is 0.125 e. The summed E-state index contributed by atoms with van der Waals surface area (Å²) in [5.41, 5.74) is 2.78. The molecule has 5 rings (SSSR count). The second kappa shape index (κ2) is 7.73. The van der Waals surface area contributed by atoms with Crippen LogP contribution in [0.1, 0.15) is 49.5 Å². The first-order valence-electron chi connectivity index (χ1n) is 11.0. The Kier molecular flexibility index (Phi) is 5.05. The number of aryl methyl sites for hydroxylation is 1. The van der Waals surface area contributed by atoms with E-state index >= 15 is 0 Å². The number of hydrogen-bond donors (Lipinski definition) is 2. The molecule has 30 heavy (non-hydrogen) atoms. The van der Waals surface area contributed by atoms with Gasteiger partial charge in [-0.05, 0) is 31.9 Å². The van der Waals surface area contributed by atoms with Crippen LogP contribution in [0.3, 0.4) is 0 Å². The van der Waals surface area contributed by atoms with E-state index in [0.29, 0.717) is 13.0 Å². The molecule has 1 fully saturated rings. The van der Waals surface area contributed by atoms with E-state index in [0.717, 1.165) is 54.7 Å². The van der Waals surface area contributed by atoms with Gasteiger partial charge in [0.05, 0.1) is 12.2 Å². The molecule has 0 aliphatic carbocycles. The molecule has 3 aromatic rings. The van der Waals surface area contributed by atoms with E-state index in [1.807, 2.05) is 36.4 Å². The van der Waals surface area contributed by atoms with Crippen LogP contribution in [-0.2, 0) is 6.54 Å². The number of rotatable bonds is 4. The van der Waals surface area contributed by atoms with E-state index in [-0.39, 0.29) is 5.60 Å². The monoisotopic (exact) mass is 406 g/mol. The van der Waals surface area contributed by atoms with Crippen molar-refractivity contribution in [3.8, 4) is 5.75 Å². The van der Waals surface area contributed by atoms with Crippen molar-refractivity contribution < 1.29 is 14.9 Å². The summed E-state index contributed by atoms with van der Waals surface area (Å²) in [6.45, 7) is 5.35. The van der Waals surface area contributed by atoms with Crippen LogP contribution in [0.4, 0.5) is 0 Å². The fourth-order valence-corrected chi connectivity index (χ4v) is 5.18. The molecule has 2 N–H and O–H groups in total. The molecule has 1 spiro atoms. The van der Waals surface area contributed by atoms with Gasteiger partial charge in [0.1, 0.15) is 11.4 Å². The summed E-state index contributed by atoms with van der Waals surface area (Å²) in [5.74, 6) is 0.817. The molecular formula is C25H30N2O3. The van der Waals surface area contributed by atoms with Gasteiger partial charge in [0.15, 0.2) is 0 Å². The normalized spacial score (nSPS) is 22.0. The van der Waals surface area contributed by atoms with Gasteiger partial charge >= 0.3 is 0 Å². The molecule has 0 amide bonds. The van der Waals surface area contributed by atoms with Gasteiger partial charge in [0, 0.05) is 60.8 Å². The van der Waals surface area contributed by atoms with Crippen LogP contribution in [0.25, 0.3) is 10.9 Å². The first kappa shape index (κ1) is 19.6. The predicted molar refractivity (Wildman–Crippen MR) is 118 cm³/mol. The van der Waals surface area contributed by atoms with Crippen molar-refractivity contribution in [2.75, 3.05) is 19.6 Å². The Morgan fingerprint density at radius 3 is 2.63 bits per heavy atom. The Hall–Kier alpha value is -2.34. The van der Waals surface area contributed by atoms with Crippen LogP contribution in [0.15, 0.2) is 54.7 Å². The van der Waals surface area contributed by atoms with Crippen LogP contribution < -0.4 is 4.74 Å². The van der Waals surface area contributed by atoms with E-state index in [4.69, 9.17) is 4.74 Å². The number of fused-ring (bicyclic) bond motifs is 2. The number of hydrogen-bond acceptors (Lipinski definition) is 4. The number of benzene rings is 2. The lowest BCUT2D eigenvalue weighted by molar-refractivity contribution is -0.0587. The molecule has 0 bridgehead atoms. The number of para-hydroxylation sites is 2. The van der Waals surface area contributed by atoms with Gasteiger partial charge in [0.25, 0.3) is 0 Å². The van der Waals surface area contributed by atoms with E-state index < -0.39 is 12.2 Å². The summed E-state index contributed by atoms with van der Waals surface area (Å²) in [6.07, 6.45) is 3.48. The van der Waals surface area contributed by atoms with E-state index in [1.165, 1.54) is 5.52 Å². The minimum atomic E-state index is -0.518. The molecule has 1 aromatic heterocycles. The SMILES string of the molecule is CCn1cc([C@H](O)CN2CCC3(CC2)C[C@H](O)c2ccccc2O3)c2ccccc21. The highest BCUT2D eigenvalue weighted by Crippen LogP contribution is 2.44. The summed E-state index contributed by atoms with van der Waals surface area (Å²) < 4.78 is 8.59. The first-order valence-corrected chi connectivity index (χ1v) is 11.0. The summed E-state index contributed by atoms with van der Waals surface area (Å²) in [4.78, 5) is 2.32. The lowest BCUT2D eigenvalue weighted by atomic mass is 9.81. The Morgan fingerprint density at radius 1 is 1.10 bits per heavy atom. The molecule has 2 atom stereocenters. The summed E-state index contributed by atoms with van der Waals surface area (Å²) in [5, 5.41) is 22.8.